The molecule has 0 saturated carbocycles. The molecule has 3 rings (SSSR count). The third-order valence-electron chi connectivity index (χ3n) is 3.79. The summed E-state index contributed by atoms with van der Waals surface area (Å²) in [6.45, 7) is 1.93. The van der Waals surface area contributed by atoms with Crippen LogP contribution in [0.25, 0.3) is 5.82 Å². The van der Waals surface area contributed by atoms with Crippen molar-refractivity contribution in [2.75, 3.05) is 19.0 Å². The molecule has 0 saturated heterocycles. The molecule has 0 spiro atoms. The summed E-state index contributed by atoms with van der Waals surface area (Å²) in [5, 5.41) is 12.9. The van der Waals surface area contributed by atoms with Crippen LogP contribution in [-0.4, -0.2) is 38.6 Å². The summed E-state index contributed by atoms with van der Waals surface area (Å²) in [6, 6.07) is 4.81. The number of nitrogens with zero attached hydrogens (tertiary/aromatic N) is 6. The van der Waals surface area contributed by atoms with Crippen molar-refractivity contribution >= 4 is 17.3 Å². The van der Waals surface area contributed by atoms with Crippen LogP contribution in [0.5, 0.6) is 0 Å². The fraction of sp³-hybridized carbons (Fsp3) is 0.250. The first-order valence-electron chi connectivity index (χ1n) is 7.38. The lowest BCUT2D eigenvalue weighted by Crippen LogP contribution is -2.22. The van der Waals surface area contributed by atoms with Gasteiger partial charge in [-0.05, 0) is 13.0 Å². The van der Waals surface area contributed by atoms with Gasteiger partial charge in [-0.3, -0.25) is 4.79 Å². The quantitative estimate of drug-likeness (QED) is 0.725. The van der Waals surface area contributed by atoms with Crippen molar-refractivity contribution < 1.29 is 0 Å². The van der Waals surface area contributed by atoms with E-state index in [0.717, 1.165) is 11.3 Å². The molecular weight excluding hydrogens is 328 g/mol. The van der Waals surface area contributed by atoms with Crippen molar-refractivity contribution in [3.8, 4) is 5.82 Å². The van der Waals surface area contributed by atoms with Crippen LogP contribution in [0.4, 0.5) is 5.69 Å². The lowest BCUT2D eigenvalue weighted by molar-refractivity contribution is 0.614. The zero-order valence-electron chi connectivity index (χ0n) is 13.6. The third kappa shape index (κ3) is 3.16. The summed E-state index contributed by atoms with van der Waals surface area (Å²) in [6.07, 6.45) is 6.92. The molecular formula is C16H17ClN6O. The van der Waals surface area contributed by atoms with E-state index in [1.807, 2.05) is 38.2 Å². The fourth-order valence-electron chi connectivity index (χ4n) is 2.33. The molecule has 0 bridgehead atoms. The molecule has 0 aliphatic rings. The van der Waals surface area contributed by atoms with E-state index < -0.39 is 0 Å². The minimum Gasteiger partial charge on any atom is -0.376 e. The monoisotopic (exact) mass is 344 g/mol. The number of aromatic nitrogens is 5. The van der Waals surface area contributed by atoms with Gasteiger partial charge in [-0.2, -0.15) is 10.2 Å². The molecule has 3 heterocycles. The molecule has 8 heteroatoms. The molecule has 0 aliphatic carbocycles. The van der Waals surface area contributed by atoms with Gasteiger partial charge >= 0.3 is 0 Å². The summed E-state index contributed by atoms with van der Waals surface area (Å²) in [5.41, 5.74) is 1.66. The Morgan fingerprint density at radius 3 is 2.75 bits per heavy atom. The number of pyridine rings is 1. The standard InChI is InChI=1S/C16H17ClN6O/c1-11(22-5-4-13(17)6-16(22)24)12-8-19-23(10-12)15-7-14(21(2)3)9-18-20-15/h4-11H,1-3H3. The smallest absolute Gasteiger partial charge is 0.252 e. The third-order valence-corrected chi connectivity index (χ3v) is 4.03. The first-order chi connectivity index (χ1) is 11.5. The van der Waals surface area contributed by atoms with Crippen LogP contribution in [0.2, 0.25) is 5.02 Å². The summed E-state index contributed by atoms with van der Waals surface area (Å²) in [4.78, 5) is 14.0. The molecule has 0 aromatic carbocycles. The first-order valence-corrected chi connectivity index (χ1v) is 7.76. The van der Waals surface area contributed by atoms with Crippen LogP contribution in [0, 0.1) is 0 Å². The minimum absolute atomic E-state index is 0.155. The van der Waals surface area contributed by atoms with Crippen molar-refractivity contribution in [3.05, 3.63) is 63.9 Å². The van der Waals surface area contributed by atoms with Gasteiger partial charge in [0.05, 0.1) is 24.1 Å². The maximum absolute atomic E-state index is 12.1. The lowest BCUT2D eigenvalue weighted by Gasteiger charge is -2.13. The van der Waals surface area contributed by atoms with Gasteiger partial charge in [0.2, 0.25) is 0 Å². The maximum atomic E-state index is 12.1. The highest BCUT2D eigenvalue weighted by molar-refractivity contribution is 6.30. The molecule has 0 N–H and O–H groups in total. The van der Waals surface area contributed by atoms with E-state index in [2.05, 4.69) is 15.3 Å². The number of hydrogen-bond donors (Lipinski definition) is 0. The van der Waals surface area contributed by atoms with Crippen LogP contribution >= 0.6 is 11.6 Å². The zero-order chi connectivity index (χ0) is 17.3. The van der Waals surface area contributed by atoms with Gasteiger partial charge in [0.25, 0.3) is 5.56 Å². The largest absolute Gasteiger partial charge is 0.376 e. The SMILES string of the molecule is CC(c1cnn(-c2cc(N(C)C)cnn2)c1)n1ccc(Cl)cc1=O. The normalized spacial score (nSPS) is 12.2. The second-order valence-corrected chi connectivity index (χ2v) is 6.09. The Labute approximate surface area is 144 Å². The van der Waals surface area contributed by atoms with Crippen molar-refractivity contribution in [1.29, 1.82) is 0 Å². The molecule has 1 unspecified atom stereocenters. The average Bonchev–Trinajstić information content (AvgIpc) is 3.04. The van der Waals surface area contributed by atoms with Gasteiger partial charge < -0.3 is 9.47 Å². The first kappa shape index (κ1) is 16.2. The Kier molecular flexibility index (Phi) is 4.35. The Morgan fingerprint density at radius 1 is 1.25 bits per heavy atom. The van der Waals surface area contributed by atoms with E-state index >= 15 is 0 Å². The summed E-state index contributed by atoms with van der Waals surface area (Å²) >= 11 is 5.84. The van der Waals surface area contributed by atoms with E-state index in [0.29, 0.717) is 10.8 Å². The number of anilines is 1. The van der Waals surface area contributed by atoms with E-state index in [4.69, 9.17) is 11.6 Å². The summed E-state index contributed by atoms with van der Waals surface area (Å²) in [5.74, 6) is 0.614. The second-order valence-electron chi connectivity index (χ2n) is 5.65. The Morgan fingerprint density at radius 2 is 2.04 bits per heavy atom. The molecule has 24 heavy (non-hydrogen) atoms. The maximum Gasteiger partial charge on any atom is 0.252 e. The predicted octanol–water partition coefficient (Wildman–Crippen LogP) is 2.15. The summed E-state index contributed by atoms with van der Waals surface area (Å²) < 4.78 is 3.25. The van der Waals surface area contributed by atoms with Crippen molar-refractivity contribution in [2.45, 2.75) is 13.0 Å². The van der Waals surface area contributed by atoms with Crippen LogP contribution in [0.3, 0.4) is 0 Å². The number of halogens is 1. The lowest BCUT2D eigenvalue weighted by atomic mass is 10.2. The average molecular weight is 345 g/mol. The van der Waals surface area contributed by atoms with Crippen molar-refractivity contribution in [3.63, 3.8) is 0 Å². The Bertz CT molecular complexity index is 917. The Balaban J connectivity index is 1.93. The number of hydrogen-bond acceptors (Lipinski definition) is 5. The molecule has 0 amide bonds. The highest BCUT2D eigenvalue weighted by Crippen LogP contribution is 2.18. The van der Waals surface area contributed by atoms with E-state index in [9.17, 15) is 4.79 Å². The second kappa shape index (κ2) is 6.45. The fourth-order valence-corrected chi connectivity index (χ4v) is 2.48. The molecule has 0 radical (unpaired) electrons. The Hall–Kier alpha value is -2.67. The zero-order valence-corrected chi connectivity index (χ0v) is 14.3. The topological polar surface area (TPSA) is 68.8 Å². The highest BCUT2D eigenvalue weighted by atomic mass is 35.5. The van der Waals surface area contributed by atoms with Crippen LogP contribution in [0.15, 0.2) is 47.8 Å². The molecule has 7 nitrogen and oxygen atoms in total. The van der Waals surface area contributed by atoms with Gasteiger partial charge in [0, 0.05) is 49.2 Å². The molecule has 1 atom stereocenters. The molecule has 0 fully saturated rings. The molecule has 3 aromatic rings. The molecule has 0 aliphatic heterocycles. The van der Waals surface area contributed by atoms with Crippen LogP contribution in [0.1, 0.15) is 18.5 Å². The van der Waals surface area contributed by atoms with Crippen molar-refractivity contribution in [1.82, 2.24) is 24.5 Å². The number of rotatable bonds is 4. The van der Waals surface area contributed by atoms with Gasteiger partial charge in [-0.25, -0.2) is 4.68 Å². The molecule has 3 aromatic heterocycles. The summed E-state index contributed by atoms with van der Waals surface area (Å²) in [7, 11) is 3.87. The van der Waals surface area contributed by atoms with Crippen LogP contribution in [-0.2, 0) is 0 Å². The van der Waals surface area contributed by atoms with Crippen molar-refractivity contribution in [2.24, 2.45) is 0 Å². The van der Waals surface area contributed by atoms with Gasteiger partial charge in [0.1, 0.15) is 0 Å². The van der Waals surface area contributed by atoms with E-state index in [1.165, 1.54) is 6.07 Å². The van der Waals surface area contributed by atoms with Gasteiger partial charge in [-0.15, -0.1) is 5.10 Å². The van der Waals surface area contributed by atoms with E-state index in [1.54, 1.807) is 33.9 Å². The van der Waals surface area contributed by atoms with Gasteiger partial charge in [-0.1, -0.05) is 11.6 Å². The van der Waals surface area contributed by atoms with Crippen LogP contribution < -0.4 is 10.5 Å². The highest BCUT2D eigenvalue weighted by Gasteiger charge is 2.13. The minimum atomic E-state index is -0.173. The predicted molar refractivity (Wildman–Crippen MR) is 93.0 cm³/mol. The van der Waals surface area contributed by atoms with E-state index in [-0.39, 0.29) is 11.6 Å². The molecule has 124 valence electrons. The van der Waals surface area contributed by atoms with Gasteiger partial charge in [0.15, 0.2) is 5.82 Å².